The lowest BCUT2D eigenvalue weighted by molar-refractivity contribution is -0.0821. The van der Waals surface area contributed by atoms with Crippen LogP contribution in [0.25, 0.3) is 0 Å². The smallest absolute Gasteiger partial charge is 0.212 e. The van der Waals surface area contributed by atoms with E-state index < -0.39 is 17.9 Å². The molecule has 196 valence electrons. The maximum absolute atomic E-state index is 14.8. The standard InChI is InChI=1S/C30H41F5/c1-20-2-7-24(8-3-20)27-17-16-25(28(31)18-27)11-6-21-4-9-22(10-5-21)23-12-14-26(15-13-23)29(32)19-30(33,34)35/h16-24,26H,2-15H2,1H3/b29-19-. The van der Waals surface area contributed by atoms with Crippen molar-refractivity contribution in [1.29, 1.82) is 0 Å². The Labute approximate surface area is 207 Å². The van der Waals surface area contributed by atoms with Gasteiger partial charge in [0.15, 0.2) is 0 Å². The van der Waals surface area contributed by atoms with Crippen LogP contribution in [0.2, 0.25) is 0 Å². The molecule has 3 aliphatic carbocycles. The number of aryl methyl sites for hydroxylation is 1. The van der Waals surface area contributed by atoms with E-state index in [9.17, 15) is 22.0 Å². The van der Waals surface area contributed by atoms with E-state index >= 15 is 0 Å². The lowest BCUT2D eigenvalue weighted by atomic mass is 9.68. The van der Waals surface area contributed by atoms with Gasteiger partial charge in [-0.2, -0.15) is 13.2 Å². The summed E-state index contributed by atoms with van der Waals surface area (Å²) in [5, 5.41) is 0. The highest BCUT2D eigenvalue weighted by Gasteiger charge is 2.34. The zero-order valence-corrected chi connectivity index (χ0v) is 21.1. The van der Waals surface area contributed by atoms with Crippen molar-refractivity contribution in [2.24, 2.45) is 29.6 Å². The third kappa shape index (κ3) is 7.55. The first-order valence-electron chi connectivity index (χ1n) is 13.9. The van der Waals surface area contributed by atoms with E-state index in [1.807, 2.05) is 6.07 Å². The van der Waals surface area contributed by atoms with Crippen LogP contribution >= 0.6 is 0 Å². The minimum Gasteiger partial charge on any atom is -0.212 e. The summed E-state index contributed by atoms with van der Waals surface area (Å²) in [7, 11) is 0. The molecule has 0 spiro atoms. The average molecular weight is 497 g/mol. The summed E-state index contributed by atoms with van der Waals surface area (Å²) in [5.74, 6) is 1.45. The number of hydrogen-bond acceptors (Lipinski definition) is 0. The van der Waals surface area contributed by atoms with Gasteiger partial charge in [-0.3, -0.25) is 0 Å². The van der Waals surface area contributed by atoms with Crippen LogP contribution in [-0.4, -0.2) is 6.18 Å². The first kappa shape index (κ1) is 26.7. The van der Waals surface area contributed by atoms with E-state index in [2.05, 4.69) is 13.0 Å². The summed E-state index contributed by atoms with van der Waals surface area (Å²) in [4.78, 5) is 0. The van der Waals surface area contributed by atoms with Crippen molar-refractivity contribution in [1.82, 2.24) is 0 Å². The lowest BCUT2D eigenvalue weighted by Crippen LogP contribution is -2.26. The Hall–Kier alpha value is -1.39. The highest BCUT2D eigenvalue weighted by molar-refractivity contribution is 5.27. The van der Waals surface area contributed by atoms with Crippen molar-refractivity contribution >= 4 is 0 Å². The molecule has 4 rings (SSSR count). The summed E-state index contributed by atoms with van der Waals surface area (Å²) < 4.78 is 66.0. The van der Waals surface area contributed by atoms with E-state index in [1.165, 1.54) is 31.2 Å². The van der Waals surface area contributed by atoms with Gasteiger partial charge in [-0.15, -0.1) is 0 Å². The highest BCUT2D eigenvalue weighted by Crippen LogP contribution is 2.44. The quantitative estimate of drug-likeness (QED) is 0.344. The first-order chi connectivity index (χ1) is 16.7. The van der Waals surface area contributed by atoms with E-state index in [0.717, 1.165) is 62.8 Å². The molecule has 0 bridgehead atoms. The predicted molar refractivity (Wildman–Crippen MR) is 131 cm³/mol. The Balaban J connectivity index is 1.19. The largest absolute Gasteiger partial charge is 0.412 e. The zero-order valence-electron chi connectivity index (χ0n) is 21.1. The van der Waals surface area contributed by atoms with E-state index in [1.54, 1.807) is 6.07 Å². The SMILES string of the molecule is CC1CCC(c2ccc(CCC3CCC(C4CCC(/C(F)=C/C(F)(F)F)CC4)CC3)c(F)c2)CC1. The molecule has 0 heterocycles. The van der Waals surface area contributed by atoms with Crippen LogP contribution in [-0.2, 0) is 6.42 Å². The second-order valence-corrected chi connectivity index (χ2v) is 11.8. The minimum atomic E-state index is -4.57. The summed E-state index contributed by atoms with van der Waals surface area (Å²) in [6, 6.07) is 5.95. The Bertz CT molecular complexity index is 833. The van der Waals surface area contributed by atoms with Gasteiger partial charge in [-0.25, -0.2) is 8.78 Å². The van der Waals surface area contributed by atoms with Crippen LogP contribution in [0.4, 0.5) is 22.0 Å². The molecule has 0 aromatic heterocycles. The molecule has 0 nitrogen and oxygen atoms in total. The van der Waals surface area contributed by atoms with Crippen molar-refractivity contribution in [3.63, 3.8) is 0 Å². The van der Waals surface area contributed by atoms with Crippen molar-refractivity contribution in [3.8, 4) is 0 Å². The van der Waals surface area contributed by atoms with Crippen LogP contribution in [0.1, 0.15) is 107 Å². The molecular weight excluding hydrogens is 455 g/mol. The lowest BCUT2D eigenvalue weighted by Gasteiger charge is -2.37. The number of benzene rings is 1. The Morgan fingerprint density at radius 1 is 0.857 bits per heavy atom. The molecule has 0 saturated heterocycles. The van der Waals surface area contributed by atoms with Crippen molar-refractivity contribution in [2.75, 3.05) is 0 Å². The minimum absolute atomic E-state index is 0.0432. The van der Waals surface area contributed by atoms with Gasteiger partial charge < -0.3 is 0 Å². The maximum Gasteiger partial charge on any atom is 0.412 e. The molecule has 0 N–H and O–H groups in total. The number of halogens is 5. The number of hydrogen-bond donors (Lipinski definition) is 0. The van der Waals surface area contributed by atoms with Crippen LogP contribution in [0.15, 0.2) is 30.1 Å². The second kappa shape index (κ2) is 11.8. The molecule has 3 fully saturated rings. The van der Waals surface area contributed by atoms with Gasteiger partial charge in [-0.1, -0.05) is 44.7 Å². The maximum atomic E-state index is 14.8. The first-order valence-corrected chi connectivity index (χ1v) is 13.9. The van der Waals surface area contributed by atoms with Crippen LogP contribution < -0.4 is 0 Å². The fraction of sp³-hybridized carbons (Fsp3) is 0.733. The van der Waals surface area contributed by atoms with Crippen LogP contribution in [0, 0.1) is 35.4 Å². The topological polar surface area (TPSA) is 0 Å². The van der Waals surface area contributed by atoms with E-state index in [-0.39, 0.29) is 11.9 Å². The van der Waals surface area contributed by atoms with Gasteiger partial charge in [0.05, 0.1) is 6.08 Å². The van der Waals surface area contributed by atoms with Crippen LogP contribution in [0.3, 0.4) is 0 Å². The summed E-state index contributed by atoms with van der Waals surface area (Å²) in [6.07, 6.45) is 9.19. The molecule has 1 aromatic rings. The summed E-state index contributed by atoms with van der Waals surface area (Å²) in [5.41, 5.74) is 2.01. The molecule has 0 unspecified atom stereocenters. The molecule has 0 amide bonds. The summed E-state index contributed by atoms with van der Waals surface area (Å²) in [6.45, 7) is 2.30. The van der Waals surface area contributed by atoms with E-state index in [0.29, 0.717) is 36.5 Å². The zero-order chi connectivity index (χ0) is 25.0. The van der Waals surface area contributed by atoms with Gasteiger partial charge in [0, 0.05) is 5.92 Å². The fourth-order valence-corrected chi connectivity index (χ4v) is 7.06. The second-order valence-electron chi connectivity index (χ2n) is 11.8. The normalized spacial score (nSPS) is 33.0. The molecule has 5 heteroatoms. The average Bonchev–Trinajstić information content (AvgIpc) is 2.83. The number of alkyl halides is 3. The molecule has 3 aliphatic rings. The van der Waals surface area contributed by atoms with Crippen molar-refractivity contribution in [2.45, 2.75) is 109 Å². The van der Waals surface area contributed by atoms with Gasteiger partial charge in [0.25, 0.3) is 0 Å². The van der Waals surface area contributed by atoms with Gasteiger partial charge >= 0.3 is 6.18 Å². The van der Waals surface area contributed by atoms with Crippen LogP contribution in [0.5, 0.6) is 0 Å². The molecule has 3 saturated carbocycles. The molecule has 1 aromatic carbocycles. The van der Waals surface area contributed by atoms with Crippen molar-refractivity contribution in [3.05, 3.63) is 47.0 Å². The number of rotatable bonds is 6. The van der Waals surface area contributed by atoms with Gasteiger partial charge in [0.1, 0.15) is 11.6 Å². The highest BCUT2D eigenvalue weighted by atomic mass is 19.4. The third-order valence-electron chi connectivity index (χ3n) is 9.41. The molecular formula is C30H41F5. The fourth-order valence-electron chi connectivity index (χ4n) is 7.06. The molecule has 0 aliphatic heterocycles. The van der Waals surface area contributed by atoms with Gasteiger partial charge in [-0.05, 0) is 111 Å². The third-order valence-corrected chi connectivity index (χ3v) is 9.41. The molecule has 0 atom stereocenters. The van der Waals surface area contributed by atoms with E-state index in [4.69, 9.17) is 0 Å². The number of allylic oxidation sites excluding steroid dienone is 2. The predicted octanol–water partition coefficient (Wildman–Crippen LogP) is 10.1. The monoisotopic (exact) mass is 496 g/mol. The molecule has 0 radical (unpaired) electrons. The Morgan fingerprint density at radius 2 is 1.46 bits per heavy atom. The summed E-state index contributed by atoms with van der Waals surface area (Å²) >= 11 is 0. The Morgan fingerprint density at radius 3 is 2.03 bits per heavy atom. The van der Waals surface area contributed by atoms with Crippen molar-refractivity contribution < 1.29 is 22.0 Å². The Kier molecular flexibility index (Phi) is 8.97. The molecule has 35 heavy (non-hydrogen) atoms. The van der Waals surface area contributed by atoms with Gasteiger partial charge in [0.2, 0.25) is 0 Å².